The molecule has 0 aromatic rings. The second-order valence-corrected chi connectivity index (χ2v) is 1.58. The van der Waals surface area contributed by atoms with Crippen molar-refractivity contribution < 1.29 is 37.3 Å². The van der Waals surface area contributed by atoms with E-state index in [0.29, 0.717) is 0 Å². The number of Topliss-reactive ketones (excluding diaryl/α,β-unsaturated/α-hetero) is 2. The fourth-order valence-corrected chi connectivity index (χ4v) is 0.351. The Morgan fingerprint density at radius 3 is 1.20 bits per heavy atom. The largest absolute Gasteiger partial charge is 0.412 e. The van der Waals surface area contributed by atoms with Gasteiger partial charge in [-0.15, -0.1) is 0 Å². The zero-order valence-corrected chi connectivity index (χ0v) is 6.90. The molecule has 0 saturated carbocycles. The minimum atomic E-state index is -0.0625. The van der Waals surface area contributed by atoms with Gasteiger partial charge in [-0.05, 0) is 13.8 Å². The van der Waals surface area contributed by atoms with Gasteiger partial charge in [0.15, 0.2) is 0 Å². The molecule has 0 aliphatic rings. The van der Waals surface area contributed by atoms with Gasteiger partial charge in [0.05, 0.1) is 6.42 Å². The van der Waals surface area contributed by atoms with Crippen LogP contribution in [-0.4, -0.2) is 22.5 Å². The third-order valence-electron chi connectivity index (χ3n) is 0.498. The fraction of sp³-hybridized carbons (Fsp3) is 0.600. The Morgan fingerprint density at radius 1 is 1.00 bits per heavy atom. The van der Waals surface area contributed by atoms with Crippen LogP contribution in [0.3, 0.4) is 0 Å². The number of carbonyl (C=O) groups is 2. The molecule has 0 fully saturated rings. The minimum Gasteiger partial charge on any atom is -0.412 e. The maximum absolute atomic E-state index is 10.0. The zero-order chi connectivity index (χ0) is 5.86. The molecule has 0 aliphatic heterocycles. The van der Waals surface area contributed by atoms with Gasteiger partial charge >= 0.3 is 0 Å². The fourth-order valence-electron chi connectivity index (χ4n) is 0.351. The quantitative estimate of drug-likeness (QED) is 0.522. The van der Waals surface area contributed by atoms with Gasteiger partial charge in [0.1, 0.15) is 11.6 Å². The molecule has 0 bridgehead atoms. The summed E-state index contributed by atoms with van der Waals surface area (Å²) >= 11 is 0. The van der Waals surface area contributed by atoms with E-state index < -0.39 is 0 Å². The first-order valence-corrected chi connectivity index (χ1v) is 2.12. The third-order valence-corrected chi connectivity index (χ3v) is 0.498. The van der Waals surface area contributed by atoms with Gasteiger partial charge in [0.25, 0.3) is 0 Å². The second-order valence-electron chi connectivity index (χ2n) is 1.58. The first-order valence-electron chi connectivity index (χ1n) is 2.12. The molecule has 0 saturated heterocycles. The van der Waals surface area contributed by atoms with Crippen LogP contribution in [0.2, 0.25) is 0 Å². The van der Waals surface area contributed by atoms with Crippen molar-refractivity contribution in [3.63, 3.8) is 0 Å². The van der Waals surface area contributed by atoms with Gasteiger partial charge < -0.3 is 11.0 Å². The van der Waals surface area contributed by atoms with Crippen molar-refractivity contribution in [3.05, 3.63) is 0 Å². The van der Waals surface area contributed by atoms with Crippen LogP contribution in [0.4, 0.5) is 0 Å². The number of rotatable bonds is 2. The molecule has 0 aromatic heterocycles. The van der Waals surface area contributed by atoms with Gasteiger partial charge in [0.2, 0.25) is 0 Å². The molecule has 4 N–H and O–H groups in total. The van der Waals surface area contributed by atoms with E-state index in [0.717, 1.165) is 0 Å². The number of ketones is 2. The van der Waals surface area contributed by atoms with Crippen LogP contribution in [0.1, 0.15) is 20.3 Å². The maximum Gasteiger partial charge on any atom is 0.137 e. The smallest absolute Gasteiger partial charge is 0.137 e. The van der Waals surface area contributed by atoms with Crippen LogP contribution in [0.5, 0.6) is 0 Å². The van der Waals surface area contributed by atoms with Crippen LogP contribution in [0, 0.1) is 0 Å². The van der Waals surface area contributed by atoms with Gasteiger partial charge in [-0.1, -0.05) is 0 Å². The molecule has 0 amide bonds. The van der Waals surface area contributed by atoms with E-state index in [9.17, 15) is 9.59 Å². The topological polar surface area (TPSA) is 97.1 Å². The van der Waals surface area contributed by atoms with Crippen molar-refractivity contribution in [1.82, 2.24) is 0 Å². The van der Waals surface area contributed by atoms with Crippen LogP contribution in [0.25, 0.3) is 0 Å². The molecule has 0 spiro atoms. The zero-order valence-electron chi connectivity index (χ0n) is 5.86. The summed E-state index contributed by atoms with van der Waals surface area (Å²) in [6.07, 6.45) is 0.0833. The molecule has 0 unspecified atom stereocenters. The summed E-state index contributed by atoms with van der Waals surface area (Å²) in [7, 11) is 0. The molecule has 65 valence electrons. The van der Waals surface area contributed by atoms with Crippen molar-refractivity contribution >= 4 is 11.6 Å². The Bertz CT molecular complexity index is 89.8. The van der Waals surface area contributed by atoms with Crippen molar-refractivity contribution in [2.24, 2.45) is 0 Å². The Balaban J connectivity index is -0.0000000600. The Labute approximate surface area is 69.8 Å². The number of carbonyl (C=O) groups excluding carboxylic acids is 2. The molecule has 0 heterocycles. The molecule has 0 rings (SSSR count). The van der Waals surface area contributed by atoms with Crippen LogP contribution < -0.4 is 0 Å². The normalized spacial score (nSPS) is 5.80. The Morgan fingerprint density at radius 2 is 1.20 bits per heavy atom. The van der Waals surface area contributed by atoms with Crippen molar-refractivity contribution in [2.75, 3.05) is 0 Å². The Hall–Kier alpha value is -0.234. The summed E-state index contributed by atoms with van der Waals surface area (Å²) in [5.41, 5.74) is 0. The summed E-state index contributed by atoms with van der Waals surface area (Å²) in [6, 6.07) is 0. The molecular weight excluding hydrogens is 183 g/mol. The monoisotopic (exact) mass is 195 g/mol. The average molecular weight is 195 g/mol. The molecule has 0 aliphatic carbocycles. The van der Waals surface area contributed by atoms with Gasteiger partial charge in [-0.25, -0.2) is 0 Å². The van der Waals surface area contributed by atoms with E-state index in [1.165, 1.54) is 13.8 Å². The standard InChI is InChI=1S/C5H8O2.Co.2H2O/c1-4(6)3-5(2)7;;;/h3H2,1-2H3;;2*1H2. The van der Waals surface area contributed by atoms with E-state index in [2.05, 4.69) is 0 Å². The van der Waals surface area contributed by atoms with E-state index in [4.69, 9.17) is 0 Å². The maximum atomic E-state index is 10.0. The molecule has 1 radical (unpaired) electrons. The molecule has 0 aromatic carbocycles. The first kappa shape index (κ1) is 22.6. The van der Waals surface area contributed by atoms with Crippen LogP contribution in [-0.2, 0) is 26.4 Å². The molecule has 0 atom stereocenters. The van der Waals surface area contributed by atoms with Gasteiger partial charge in [-0.3, -0.25) is 9.59 Å². The minimum absolute atomic E-state index is 0. The predicted octanol–water partition coefficient (Wildman–Crippen LogP) is -1.10. The first-order chi connectivity index (χ1) is 3.13. The molecule has 4 nitrogen and oxygen atoms in total. The molecule has 10 heavy (non-hydrogen) atoms. The summed E-state index contributed by atoms with van der Waals surface area (Å²) in [4.78, 5) is 20.1. The van der Waals surface area contributed by atoms with Crippen molar-refractivity contribution in [2.45, 2.75) is 20.3 Å². The van der Waals surface area contributed by atoms with Crippen LogP contribution >= 0.6 is 0 Å². The Kier molecular flexibility index (Phi) is 26.1. The van der Waals surface area contributed by atoms with E-state index >= 15 is 0 Å². The SMILES string of the molecule is CC(=O)CC(C)=O.O.O.[Co]. The van der Waals surface area contributed by atoms with E-state index in [1.54, 1.807) is 0 Å². The summed E-state index contributed by atoms with van der Waals surface area (Å²) in [5.74, 6) is -0.125. The third kappa shape index (κ3) is 25.1. The predicted molar refractivity (Wildman–Crippen MR) is 33.2 cm³/mol. The van der Waals surface area contributed by atoms with Gasteiger partial charge in [-0.2, -0.15) is 0 Å². The number of hydrogen-bond acceptors (Lipinski definition) is 2. The van der Waals surface area contributed by atoms with E-state index in [-0.39, 0.29) is 45.7 Å². The van der Waals surface area contributed by atoms with Crippen molar-refractivity contribution in [1.29, 1.82) is 0 Å². The molecular formula is C5H12CoO4. The second kappa shape index (κ2) is 11.5. The summed E-state index contributed by atoms with van der Waals surface area (Å²) in [5, 5.41) is 0. The summed E-state index contributed by atoms with van der Waals surface area (Å²) < 4.78 is 0. The van der Waals surface area contributed by atoms with E-state index in [1.807, 2.05) is 0 Å². The number of hydrogen-bond donors (Lipinski definition) is 0. The average Bonchev–Trinajstić information content (AvgIpc) is 1.27. The van der Waals surface area contributed by atoms with Crippen molar-refractivity contribution in [3.8, 4) is 0 Å². The summed E-state index contributed by atoms with van der Waals surface area (Å²) in [6.45, 7) is 2.81. The molecule has 5 heteroatoms. The van der Waals surface area contributed by atoms with Crippen LogP contribution in [0.15, 0.2) is 0 Å². The van der Waals surface area contributed by atoms with Gasteiger partial charge in [0, 0.05) is 16.8 Å².